The molecule has 0 fully saturated rings. The zero-order valence-electron chi connectivity index (χ0n) is 15.8. The van der Waals surface area contributed by atoms with E-state index in [0.717, 1.165) is 23.9 Å². The maximum Gasteiger partial charge on any atom is 0.225 e. The number of aromatic nitrogens is 3. The first-order valence-corrected chi connectivity index (χ1v) is 8.87. The number of likely N-dealkylation sites (N-methyl/N-ethyl adjacent to an activating group) is 1. The molecule has 0 radical (unpaired) electrons. The minimum atomic E-state index is -0.870. The number of hydrogen-bond donors (Lipinski definition) is 2. The van der Waals surface area contributed by atoms with E-state index in [-0.39, 0.29) is 0 Å². The predicted molar refractivity (Wildman–Crippen MR) is 106 cm³/mol. The van der Waals surface area contributed by atoms with Gasteiger partial charge in [0.15, 0.2) is 11.6 Å². The quantitative estimate of drug-likeness (QED) is 0.621. The molecule has 2 heterocycles. The van der Waals surface area contributed by atoms with Gasteiger partial charge in [0.05, 0.1) is 5.69 Å². The van der Waals surface area contributed by atoms with Gasteiger partial charge in [0.25, 0.3) is 0 Å². The second kappa shape index (κ2) is 9.18. The first-order chi connectivity index (χ1) is 13.5. The van der Waals surface area contributed by atoms with Crippen molar-refractivity contribution in [1.29, 1.82) is 0 Å². The summed E-state index contributed by atoms with van der Waals surface area (Å²) in [6.07, 6.45) is 3.40. The molecule has 0 aliphatic carbocycles. The molecule has 2 N–H and O–H groups in total. The Labute approximate surface area is 162 Å². The van der Waals surface area contributed by atoms with E-state index in [9.17, 15) is 8.78 Å². The molecule has 28 heavy (non-hydrogen) atoms. The predicted octanol–water partition coefficient (Wildman–Crippen LogP) is 3.40. The lowest BCUT2D eigenvalue weighted by Crippen LogP contribution is -2.21. The maximum absolute atomic E-state index is 13.4. The van der Waals surface area contributed by atoms with Crippen molar-refractivity contribution in [2.75, 3.05) is 37.8 Å². The Balaban J connectivity index is 1.80. The zero-order valence-corrected chi connectivity index (χ0v) is 15.8. The lowest BCUT2D eigenvalue weighted by molar-refractivity contribution is 0.425. The second-order valence-electron chi connectivity index (χ2n) is 6.53. The highest BCUT2D eigenvalue weighted by Gasteiger charge is 2.08. The Bertz CT molecular complexity index is 918. The molecule has 8 heteroatoms. The summed E-state index contributed by atoms with van der Waals surface area (Å²) >= 11 is 0. The van der Waals surface area contributed by atoms with Gasteiger partial charge in [-0.3, -0.25) is 4.98 Å². The first kappa shape index (κ1) is 19.6. The van der Waals surface area contributed by atoms with Crippen LogP contribution >= 0.6 is 0 Å². The fourth-order valence-corrected chi connectivity index (χ4v) is 2.52. The van der Waals surface area contributed by atoms with E-state index in [4.69, 9.17) is 0 Å². The summed E-state index contributed by atoms with van der Waals surface area (Å²) < 4.78 is 26.5. The number of nitrogens with zero attached hydrogens (tertiary/aromatic N) is 4. The van der Waals surface area contributed by atoms with Crippen LogP contribution < -0.4 is 10.6 Å². The van der Waals surface area contributed by atoms with Gasteiger partial charge in [-0.25, -0.2) is 13.8 Å². The summed E-state index contributed by atoms with van der Waals surface area (Å²) in [6.45, 7) is 1.83. The first-order valence-electron chi connectivity index (χ1n) is 8.87. The van der Waals surface area contributed by atoms with Gasteiger partial charge in [-0.15, -0.1) is 0 Å². The molecule has 0 aliphatic rings. The Morgan fingerprint density at radius 1 is 0.929 bits per heavy atom. The molecule has 0 spiro atoms. The fourth-order valence-electron chi connectivity index (χ4n) is 2.52. The minimum Gasteiger partial charge on any atom is -0.366 e. The molecule has 6 nitrogen and oxygen atoms in total. The highest BCUT2D eigenvalue weighted by atomic mass is 19.2. The molecule has 1 aromatic carbocycles. The van der Waals surface area contributed by atoms with Gasteiger partial charge in [0.2, 0.25) is 5.95 Å². The standard InChI is InChI=1S/C20H22F2N6/c1-28(2)10-9-24-20-26-18(15-5-7-23-8-6-15)12-19(27-20)25-13-14-3-4-16(21)17(22)11-14/h3-8,11-12H,9-10,13H2,1-2H3,(H2,24,25,26,27). The molecular formula is C20H22F2N6. The van der Waals surface area contributed by atoms with E-state index in [1.807, 2.05) is 32.3 Å². The van der Waals surface area contributed by atoms with Crippen molar-refractivity contribution in [3.05, 3.63) is 66.0 Å². The van der Waals surface area contributed by atoms with E-state index in [1.54, 1.807) is 12.4 Å². The van der Waals surface area contributed by atoms with Crippen LogP contribution in [0.3, 0.4) is 0 Å². The molecular weight excluding hydrogens is 362 g/mol. The average molecular weight is 384 g/mol. The van der Waals surface area contributed by atoms with Gasteiger partial charge in [-0.05, 0) is 43.9 Å². The highest BCUT2D eigenvalue weighted by Crippen LogP contribution is 2.21. The monoisotopic (exact) mass is 384 g/mol. The van der Waals surface area contributed by atoms with Crippen molar-refractivity contribution in [1.82, 2.24) is 19.9 Å². The van der Waals surface area contributed by atoms with Crippen molar-refractivity contribution in [3.8, 4) is 11.3 Å². The van der Waals surface area contributed by atoms with Crippen molar-refractivity contribution >= 4 is 11.8 Å². The summed E-state index contributed by atoms with van der Waals surface area (Å²) in [5.74, 6) is -0.661. The molecule has 0 saturated carbocycles. The summed E-state index contributed by atoms with van der Waals surface area (Å²) in [6, 6.07) is 9.36. The van der Waals surface area contributed by atoms with Crippen LogP contribution in [0.1, 0.15) is 5.56 Å². The smallest absolute Gasteiger partial charge is 0.225 e. The lowest BCUT2D eigenvalue weighted by Gasteiger charge is -2.13. The molecule has 2 aromatic heterocycles. The molecule has 0 unspecified atom stereocenters. The van der Waals surface area contributed by atoms with Crippen LogP contribution in [0, 0.1) is 11.6 Å². The summed E-state index contributed by atoms with van der Waals surface area (Å²) in [5.41, 5.74) is 2.26. The molecule has 3 aromatic rings. The van der Waals surface area contributed by atoms with Crippen molar-refractivity contribution in [2.24, 2.45) is 0 Å². The average Bonchev–Trinajstić information content (AvgIpc) is 2.69. The SMILES string of the molecule is CN(C)CCNc1nc(NCc2ccc(F)c(F)c2)cc(-c2ccncc2)n1. The fraction of sp³-hybridized carbons (Fsp3) is 0.250. The molecule has 3 rings (SSSR count). The number of rotatable bonds is 8. The largest absolute Gasteiger partial charge is 0.366 e. The molecule has 0 amide bonds. The van der Waals surface area contributed by atoms with Gasteiger partial charge in [0, 0.05) is 43.7 Å². The molecule has 0 bridgehead atoms. The zero-order chi connectivity index (χ0) is 19.9. The van der Waals surface area contributed by atoms with E-state index in [0.29, 0.717) is 30.4 Å². The van der Waals surface area contributed by atoms with Gasteiger partial charge < -0.3 is 15.5 Å². The number of nitrogens with one attached hydrogen (secondary N) is 2. The Morgan fingerprint density at radius 2 is 1.71 bits per heavy atom. The van der Waals surface area contributed by atoms with E-state index < -0.39 is 11.6 Å². The van der Waals surface area contributed by atoms with E-state index in [1.165, 1.54) is 12.1 Å². The van der Waals surface area contributed by atoms with Gasteiger partial charge in [-0.1, -0.05) is 6.07 Å². The number of pyridine rings is 1. The third-order valence-corrected chi connectivity index (χ3v) is 4.00. The number of anilines is 2. The molecule has 0 atom stereocenters. The van der Waals surface area contributed by atoms with E-state index in [2.05, 4.69) is 30.5 Å². The van der Waals surface area contributed by atoms with Crippen molar-refractivity contribution in [2.45, 2.75) is 6.54 Å². The maximum atomic E-state index is 13.4. The lowest BCUT2D eigenvalue weighted by atomic mass is 10.2. The summed E-state index contributed by atoms with van der Waals surface area (Å²) in [5, 5.41) is 6.36. The minimum absolute atomic E-state index is 0.307. The van der Waals surface area contributed by atoms with Crippen LogP contribution in [0.2, 0.25) is 0 Å². The number of benzene rings is 1. The van der Waals surface area contributed by atoms with E-state index >= 15 is 0 Å². The summed E-state index contributed by atoms with van der Waals surface area (Å²) in [7, 11) is 3.98. The Morgan fingerprint density at radius 3 is 2.43 bits per heavy atom. The molecule has 146 valence electrons. The second-order valence-corrected chi connectivity index (χ2v) is 6.53. The van der Waals surface area contributed by atoms with Gasteiger partial charge >= 0.3 is 0 Å². The molecule has 0 saturated heterocycles. The van der Waals surface area contributed by atoms with Crippen molar-refractivity contribution < 1.29 is 8.78 Å². The van der Waals surface area contributed by atoms with Crippen LogP contribution in [0.4, 0.5) is 20.5 Å². The third kappa shape index (κ3) is 5.43. The Hall–Kier alpha value is -3.13. The molecule has 0 aliphatic heterocycles. The van der Waals surface area contributed by atoms with Crippen molar-refractivity contribution in [3.63, 3.8) is 0 Å². The van der Waals surface area contributed by atoms with Crippen LogP contribution in [-0.2, 0) is 6.54 Å². The Kier molecular flexibility index (Phi) is 6.44. The normalized spacial score (nSPS) is 10.9. The topological polar surface area (TPSA) is 66.0 Å². The third-order valence-electron chi connectivity index (χ3n) is 4.00. The highest BCUT2D eigenvalue weighted by molar-refractivity contribution is 5.63. The number of hydrogen-bond acceptors (Lipinski definition) is 6. The van der Waals surface area contributed by atoms with Crippen LogP contribution in [0.5, 0.6) is 0 Å². The van der Waals surface area contributed by atoms with Gasteiger partial charge in [0.1, 0.15) is 5.82 Å². The van der Waals surface area contributed by atoms with Crippen LogP contribution in [-0.4, -0.2) is 47.0 Å². The summed E-state index contributed by atoms with van der Waals surface area (Å²) in [4.78, 5) is 15.1. The van der Waals surface area contributed by atoms with Crippen LogP contribution in [0.15, 0.2) is 48.8 Å². The number of halogens is 2. The van der Waals surface area contributed by atoms with Gasteiger partial charge in [-0.2, -0.15) is 4.98 Å². The van der Waals surface area contributed by atoms with Crippen LogP contribution in [0.25, 0.3) is 11.3 Å².